The standard InChI is InChI=1S/C17H21N3O4/c1-9-10-7-8-13(18-15(21)23-17(2,3)4)12(10)6-5-11(9)14-19-16(22)24-20-14/h5-6,13H,7-8H2,1-4H3,(H,18,21)(H,19,20,22). The second-order valence-corrected chi connectivity index (χ2v) is 6.99. The summed E-state index contributed by atoms with van der Waals surface area (Å²) < 4.78 is 9.91. The predicted octanol–water partition coefficient (Wildman–Crippen LogP) is 2.85. The van der Waals surface area contributed by atoms with E-state index in [9.17, 15) is 9.59 Å². The van der Waals surface area contributed by atoms with E-state index in [1.54, 1.807) is 0 Å². The lowest BCUT2D eigenvalue weighted by atomic mass is 9.97. The number of fused-ring (bicyclic) bond motifs is 1. The number of aromatic amines is 1. The number of hydrogen-bond donors (Lipinski definition) is 2. The van der Waals surface area contributed by atoms with Crippen molar-refractivity contribution >= 4 is 6.09 Å². The number of nitrogens with zero attached hydrogens (tertiary/aromatic N) is 1. The molecule has 1 unspecified atom stereocenters. The molecule has 3 rings (SSSR count). The molecule has 7 nitrogen and oxygen atoms in total. The first-order chi connectivity index (χ1) is 11.2. The fourth-order valence-corrected chi connectivity index (χ4v) is 3.08. The minimum Gasteiger partial charge on any atom is -0.444 e. The van der Waals surface area contributed by atoms with Crippen LogP contribution in [0.15, 0.2) is 21.5 Å². The number of H-pyrrole nitrogens is 1. The number of nitrogens with one attached hydrogen (secondary N) is 2. The van der Waals surface area contributed by atoms with Gasteiger partial charge >= 0.3 is 11.8 Å². The quantitative estimate of drug-likeness (QED) is 0.882. The maximum Gasteiger partial charge on any atom is 0.439 e. The van der Waals surface area contributed by atoms with Crippen LogP contribution in [-0.4, -0.2) is 21.8 Å². The van der Waals surface area contributed by atoms with Crippen molar-refractivity contribution in [3.05, 3.63) is 39.4 Å². The van der Waals surface area contributed by atoms with Crippen LogP contribution in [-0.2, 0) is 11.2 Å². The Bertz CT molecular complexity index is 829. The van der Waals surface area contributed by atoms with Gasteiger partial charge in [-0.15, -0.1) is 0 Å². The summed E-state index contributed by atoms with van der Waals surface area (Å²) in [5.41, 5.74) is 3.58. The highest BCUT2D eigenvalue weighted by Gasteiger charge is 2.28. The highest BCUT2D eigenvalue weighted by atomic mass is 16.6. The largest absolute Gasteiger partial charge is 0.444 e. The first-order valence-electron chi connectivity index (χ1n) is 7.93. The van der Waals surface area contributed by atoms with Crippen molar-refractivity contribution in [1.29, 1.82) is 0 Å². The molecule has 0 spiro atoms. The number of rotatable bonds is 2. The Hall–Kier alpha value is -2.57. The van der Waals surface area contributed by atoms with Crippen molar-refractivity contribution in [2.75, 3.05) is 0 Å². The molecule has 128 valence electrons. The van der Waals surface area contributed by atoms with Crippen LogP contribution in [0.5, 0.6) is 0 Å². The van der Waals surface area contributed by atoms with E-state index in [1.807, 2.05) is 39.8 Å². The Morgan fingerprint density at radius 3 is 2.79 bits per heavy atom. The zero-order valence-corrected chi connectivity index (χ0v) is 14.2. The maximum absolute atomic E-state index is 12.0. The van der Waals surface area contributed by atoms with Gasteiger partial charge < -0.3 is 10.1 Å². The third-order valence-electron chi connectivity index (χ3n) is 4.08. The van der Waals surface area contributed by atoms with Gasteiger partial charge in [0.2, 0.25) is 0 Å². The predicted molar refractivity (Wildman–Crippen MR) is 87.7 cm³/mol. The molecular weight excluding hydrogens is 310 g/mol. The number of aromatic nitrogens is 2. The Balaban J connectivity index is 1.84. The van der Waals surface area contributed by atoms with Gasteiger partial charge in [0.15, 0.2) is 5.82 Å². The summed E-state index contributed by atoms with van der Waals surface area (Å²) in [5.74, 6) is -0.154. The molecule has 1 aromatic carbocycles. The van der Waals surface area contributed by atoms with Crippen molar-refractivity contribution in [3.8, 4) is 11.4 Å². The van der Waals surface area contributed by atoms with Crippen LogP contribution in [0.25, 0.3) is 11.4 Å². The topological polar surface area (TPSA) is 97.2 Å². The lowest BCUT2D eigenvalue weighted by Gasteiger charge is -2.22. The second-order valence-electron chi connectivity index (χ2n) is 6.99. The molecule has 0 saturated carbocycles. The summed E-state index contributed by atoms with van der Waals surface area (Å²) in [6, 6.07) is 3.77. The van der Waals surface area contributed by atoms with E-state index >= 15 is 0 Å². The van der Waals surface area contributed by atoms with Gasteiger partial charge in [-0.25, -0.2) is 9.59 Å². The molecule has 1 heterocycles. The van der Waals surface area contributed by atoms with E-state index in [0.717, 1.165) is 35.1 Å². The number of alkyl carbamates (subject to hydrolysis) is 1. The molecule has 24 heavy (non-hydrogen) atoms. The summed E-state index contributed by atoms with van der Waals surface area (Å²) in [6.45, 7) is 7.50. The van der Waals surface area contributed by atoms with Crippen LogP contribution in [0.4, 0.5) is 4.79 Å². The molecule has 0 radical (unpaired) electrons. The normalized spacial score (nSPS) is 16.8. The van der Waals surface area contributed by atoms with Crippen molar-refractivity contribution in [2.45, 2.75) is 52.2 Å². The zero-order valence-electron chi connectivity index (χ0n) is 14.2. The van der Waals surface area contributed by atoms with Crippen molar-refractivity contribution < 1.29 is 14.1 Å². The molecule has 1 amide bonds. The van der Waals surface area contributed by atoms with Gasteiger partial charge in [-0.1, -0.05) is 17.3 Å². The maximum atomic E-state index is 12.0. The van der Waals surface area contributed by atoms with Crippen LogP contribution in [0.3, 0.4) is 0 Å². The van der Waals surface area contributed by atoms with E-state index in [0.29, 0.717) is 5.82 Å². The van der Waals surface area contributed by atoms with Gasteiger partial charge in [0.25, 0.3) is 0 Å². The van der Waals surface area contributed by atoms with Gasteiger partial charge in [-0.3, -0.25) is 9.51 Å². The number of hydrogen-bond acceptors (Lipinski definition) is 5. The number of ether oxygens (including phenoxy) is 1. The average Bonchev–Trinajstić information content (AvgIpc) is 3.05. The first kappa shape index (κ1) is 16.3. The fourth-order valence-electron chi connectivity index (χ4n) is 3.08. The molecular formula is C17H21N3O4. The third-order valence-corrected chi connectivity index (χ3v) is 4.08. The lowest BCUT2D eigenvalue weighted by Crippen LogP contribution is -2.34. The molecule has 1 aliphatic rings. The molecule has 0 fully saturated rings. The van der Waals surface area contributed by atoms with E-state index in [1.165, 1.54) is 0 Å². The highest BCUT2D eigenvalue weighted by molar-refractivity contribution is 5.70. The van der Waals surface area contributed by atoms with E-state index < -0.39 is 17.5 Å². The Labute approximate surface area is 139 Å². The molecule has 0 saturated heterocycles. The molecule has 2 aromatic rings. The fraction of sp³-hybridized carbons (Fsp3) is 0.471. The van der Waals surface area contributed by atoms with Gasteiger partial charge in [-0.2, -0.15) is 0 Å². The van der Waals surface area contributed by atoms with Crippen molar-refractivity contribution in [2.24, 2.45) is 0 Å². The molecule has 2 N–H and O–H groups in total. The van der Waals surface area contributed by atoms with Gasteiger partial charge in [0.05, 0.1) is 6.04 Å². The SMILES string of the molecule is Cc1c(-c2noc(=O)[nH]2)ccc2c1CCC2NC(=O)OC(C)(C)C. The second kappa shape index (κ2) is 5.81. The Morgan fingerprint density at radius 2 is 2.17 bits per heavy atom. The molecule has 1 aromatic heterocycles. The highest BCUT2D eigenvalue weighted by Crippen LogP contribution is 2.36. The van der Waals surface area contributed by atoms with E-state index in [2.05, 4.69) is 20.0 Å². The Kier molecular flexibility index (Phi) is 3.95. The van der Waals surface area contributed by atoms with Gasteiger partial charge in [0.1, 0.15) is 5.60 Å². The monoisotopic (exact) mass is 331 g/mol. The van der Waals surface area contributed by atoms with Crippen LogP contribution in [0, 0.1) is 6.92 Å². The summed E-state index contributed by atoms with van der Waals surface area (Å²) in [4.78, 5) is 25.7. The van der Waals surface area contributed by atoms with Crippen LogP contribution < -0.4 is 11.1 Å². The molecule has 7 heteroatoms. The molecule has 1 atom stereocenters. The number of benzene rings is 1. The smallest absolute Gasteiger partial charge is 0.439 e. The van der Waals surface area contributed by atoms with Crippen LogP contribution >= 0.6 is 0 Å². The molecule has 1 aliphatic carbocycles. The Morgan fingerprint density at radius 1 is 1.42 bits per heavy atom. The first-order valence-corrected chi connectivity index (χ1v) is 7.93. The minimum absolute atomic E-state index is 0.0704. The summed E-state index contributed by atoms with van der Waals surface area (Å²) in [6.07, 6.45) is 1.24. The summed E-state index contributed by atoms with van der Waals surface area (Å²) in [7, 11) is 0. The lowest BCUT2D eigenvalue weighted by molar-refractivity contribution is 0.0503. The average molecular weight is 331 g/mol. The number of carbonyl (C=O) groups excluding carboxylic acids is 1. The molecule has 0 aliphatic heterocycles. The van der Waals surface area contributed by atoms with E-state index in [-0.39, 0.29) is 6.04 Å². The van der Waals surface area contributed by atoms with E-state index in [4.69, 9.17) is 4.74 Å². The van der Waals surface area contributed by atoms with Gasteiger partial charge in [0, 0.05) is 5.56 Å². The van der Waals surface area contributed by atoms with Crippen molar-refractivity contribution in [1.82, 2.24) is 15.5 Å². The minimum atomic E-state index is -0.575. The van der Waals surface area contributed by atoms with Gasteiger partial charge in [-0.05, 0) is 57.2 Å². The third kappa shape index (κ3) is 3.20. The molecule has 0 bridgehead atoms. The van der Waals surface area contributed by atoms with Crippen LogP contribution in [0.2, 0.25) is 0 Å². The zero-order chi connectivity index (χ0) is 17.5. The summed E-state index contributed by atoms with van der Waals surface area (Å²) >= 11 is 0. The summed E-state index contributed by atoms with van der Waals surface area (Å²) in [5, 5.41) is 6.68. The number of carbonyl (C=O) groups is 1. The van der Waals surface area contributed by atoms with Crippen LogP contribution in [0.1, 0.15) is 49.9 Å². The number of amides is 1. The van der Waals surface area contributed by atoms with Crippen molar-refractivity contribution in [3.63, 3.8) is 0 Å².